The molecule has 2 aromatic rings. The summed E-state index contributed by atoms with van der Waals surface area (Å²) < 4.78 is 10.4. The zero-order valence-corrected chi connectivity index (χ0v) is 13.0. The average Bonchev–Trinajstić information content (AvgIpc) is 2.77. The van der Waals surface area contributed by atoms with Gasteiger partial charge in [-0.1, -0.05) is 17.3 Å². The number of hydrogen-bond donors (Lipinski definition) is 1. The fourth-order valence-corrected chi connectivity index (χ4v) is 2.13. The molecule has 1 heterocycles. The van der Waals surface area contributed by atoms with Gasteiger partial charge in [0.05, 0.1) is 5.69 Å². The van der Waals surface area contributed by atoms with E-state index in [4.69, 9.17) is 9.26 Å². The predicted octanol–water partition coefficient (Wildman–Crippen LogP) is 3.17. The van der Waals surface area contributed by atoms with Crippen LogP contribution in [0.25, 0.3) is 0 Å². The van der Waals surface area contributed by atoms with E-state index in [0.717, 1.165) is 5.56 Å². The Morgan fingerprint density at radius 1 is 1.32 bits per heavy atom. The summed E-state index contributed by atoms with van der Waals surface area (Å²) in [5.41, 5.74) is 2.29. The lowest BCUT2D eigenvalue weighted by Gasteiger charge is -2.14. The van der Waals surface area contributed by atoms with Crippen LogP contribution in [0.4, 0.5) is 5.69 Å². The number of benzene rings is 1. The van der Waals surface area contributed by atoms with Crippen molar-refractivity contribution in [3.8, 4) is 0 Å². The Balaban J connectivity index is 2.14. The molecule has 1 N–H and O–H groups in total. The quantitative estimate of drug-likeness (QED) is 0.877. The molecule has 116 valence electrons. The molecular weight excluding hydrogens is 284 g/mol. The third kappa shape index (κ3) is 3.52. The molecule has 1 amide bonds. The van der Waals surface area contributed by atoms with E-state index in [1.54, 1.807) is 39.0 Å². The van der Waals surface area contributed by atoms with E-state index < -0.39 is 12.1 Å². The summed E-state index contributed by atoms with van der Waals surface area (Å²) in [6.07, 6.45) is -0.463. The van der Waals surface area contributed by atoms with Crippen LogP contribution in [0.3, 0.4) is 0 Å². The topological polar surface area (TPSA) is 81.4 Å². The predicted molar refractivity (Wildman–Crippen MR) is 80.6 cm³/mol. The molecule has 1 atom stereocenters. The number of esters is 1. The van der Waals surface area contributed by atoms with Gasteiger partial charge < -0.3 is 14.6 Å². The Morgan fingerprint density at radius 2 is 2.05 bits per heavy atom. The van der Waals surface area contributed by atoms with Crippen molar-refractivity contribution in [1.82, 2.24) is 5.16 Å². The molecule has 0 unspecified atom stereocenters. The Bertz CT molecular complexity index is 686. The second-order valence-electron chi connectivity index (χ2n) is 5.05. The van der Waals surface area contributed by atoms with Crippen LogP contribution in [0.2, 0.25) is 0 Å². The third-order valence-corrected chi connectivity index (χ3v) is 3.20. The molecule has 0 saturated heterocycles. The van der Waals surface area contributed by atoms with Crippen molar-refractivity contribution in [2.45, 2.75) is 33.8 Å². The summed E-state index contributed by atoms with van der Waals surface area (Å²) in [5.74, 6) is -0.201. The molecule has 1 aromatic heterocycles. The van der Waals surface area contributed by atoms with Crippen LogP contribution in [-0.4, -0.2) is 17.0 Å². The Kier molecular flexibility index (Phi) is 4.60. The normalized spacial score (nSPS) is 11.8. The molecule has 0 aliphatic heterocycles. The zero-order chi connectivity index (χ0) is 16.3. The van der Waals surface area contributed by atoms with E-state index in [-0.39, 0.29) is 5.91 Å². The van der Waals surface area contributed by atoms with Gasteiger partial charge in [-0.2, -0.15) is 0 Å². The molecule has 0 saturated carbocycles. The maximum absolute atomic E-state index is 12.2. The molecule has 22 heavy (non-hydrogen) atoms. The van der Waals surface area contributed by atoms with E-state index in [2.05, 4.69) is 10.5 Å². The fraction of sp³-hybridized carbons (Fsp3) is 0.312. The van der Waals surface area contributed by atoms with Crippen LogP contribution >= 0.6 is 0 Å². The first-order valence-electron chi connectivity index (χ1n) is 6.90. The molecule has 0 radical (unpaired) electrons. The lowest BCUT2D eigenvalue weighted by molar-refractivity contribution is -0.114. The van der Waals surface area contributed by atoms with E-state index in [1.165, 1.54) is 6.92 Å². The average molecular weight is 302 g/mol. The number of ether oxygens (including phenoxy) is 1. The largest absolute Gasteiger partial charge is 0.454 e. The van der Waals surface area contributed by atoms with Crippen molar-refractivity contribution < 1.29 is 18.8 Å². The van der Waals surface area contributed by atoms with Crippen molar-refractivity contribution >= 4 is 17.6 Å². The minimum absolute atomic E-state index is 0.155. The minimum Gasteiger partial charge on any atom is -0.454 e. The van der Waals surface area contributed by atoms with Crippen molar-refractivity contribution in [2.24, 2.45) is 0 Å². The molecule has 0 spiro atoms. The highest BCUT2D eigenvalue weighted by molar-refractivity contribution is 5.91. The molecule has 1 aromatic carbocycles. The Morgan fingerprint density at radius 3 is 2.64 bits per heavy atom. The van der Waals surface area contributed by atoms with Crippen LogP contribution in [0, 0.1) is 13.8 Å². The van der Waals surface area contributed by atoms with E-state index in [0.29, 0.717) is 22.7 Å². The molecule has 0 fully saturated rings. The van der Waals surface area contributed by atoms with Crippen molar-refractivity contribution in [3.63, 3.8) is 0 Å². The van der Waals surface area contributed by atoms with Crippen molar-refractivity contribution in [1.29, 1.82) is 0 Å². The number of carbonyl (C=O) groups is 2. The number of nitrogens with one attached hydrogen (secondary N) is 1. The highest BCUT2D eigenvalue weighted by Crippen LogP contribution is 2.23. The van der Waals surface area contributed by atoms with E-state index >= 15 is 0 Å². The number of amides is 1. The number of aryl methyl sites for hydroxylation is 2. The smallest absolute Gasteiger partial charge is 0.344 e. The highest BCUT2D eigenvalue weighted by atomic mass is 16.5. The Hall–Kier alpha value is -2.63. The Labute approximate surface area is 128 Å². The number of nitrogens with zero attached hydrogens (tertiary/aromatic N) is 1. The maximum Gasteiger partial charge on any atom is 0.344 e. The van der Waals surface area contributed by atoms with Crippen LogP contribution in [0.1, 0.15) is 47.3 Å². The molecular formula is C16H18N2O4. The molecule has 6 heteroatoms. The maximum atomic E-state index is 12.2. The summed E-state index contributed by atoms with van der Waals surface area (Å²) in [6.45, 7) is 6.56. The summed E-state index contributed by atoms with van der Waals surface area (Å²) in [6, 6.07) is 7.16. The first-order chi connectivity index (χ1) is 10.4. The summed E-state index contributed by atoms with van der Waals surface area (Å²) >= 11 is 0. The zero-order valence-electron chi connectivity index (χ0n) is 13.0. The van der Waals surface area contributed by atoms with E-state index in [1.807, 2.05) is 6.07 Å². The lowest BCUT2D eigenvalue weighted by Crippen LogP contribution is -2.11. The number of aromatic nitrogens is 1. The van der Waals surface area contributed by atoms with Crippen LogP contribution in [-0.2, 0) is 9.53 Å². The summed E-state index contributed by atoms with van der Waals surface area (Å²) in [7, 11) is 0. The number of anilines is 1. The minimum atomic E-state index is -0.478. The molecule has 0 aliphatic rings. The van der Waals surface area contributed by atoms with Gasteiger partial charge in [-0.15, -0.1) is 0 Å². The van der Waals surface area contributed by atoms with Gasteiger partial charge in [-0.05, 0) is 38.5 Å². The third-order valence-electron chi connectivity index (χ3n) is 3.20. The second kappa shape index (κ2) is 6.43. The number of hydrogen-bond acceptors (Lipinski definition) is 5. The van der Waals surface area contributed by atoms with Gasteiger partial charge in [0.1, 0.15) is 17.4 Å². The van der Waals surface area contributed by atoms with Gasteiger partial charge in [0.15, 0.2) is 0 Å². The first kappa shape index (κ1) is 15.8. The van der Waals surface area contributed by atoms with Gasteiger partial charge in [0.25, 0.3) is 0 Å². The van der Waals surface area contributed by atoms with Crippen molar-refractivity contribution in [2.75, 3.05) is 5.32 Å². The van der Waals surface area contributed by atoms with Gasteiger partial charge in [-0.25, -0.2) is 4.79 Å². The van der Waals surface area contributed by atoms with Gasteiger partial charge in [0, 0.05) is 12.6 Å². The number of rotatable bonds is 4. The monoisotopic (exact) mass is 302 g/mol. The molecule has 6 nitrogen and oxygen atoms in total. The van der Waals surface area contributed by atoms with Gasteiger partial charge in [-0.3, -0.25) is 4.79 Å². The lowest BCUT2D eigenvalue weighted by atomic mass is 10.1. The summed E-state index contributed by atoms with van der Waals surface area (Å²) in [5, 5.41) is 6.44. The van der Waals surface area contributed by atoms with Crippen molar-refractivity contribution in [3.05, 3.63) is 46.8 Å². The first-order valence-corrected chi connectivity index (χ1v) is 6.90. The standard InChI is InChI=1S/C16H18N2O4/c1-9-15(11(3)22-18-9)16(20)21-10(2)13-6-5-7-14(8-13)17-12(4)19/h5-8,10H,1-4H3,(H,17,19)/t10-/m1/s1. The van der Waals surface area contributed by atoms with Crippen LogP contribution in [0.5, 0.6) is 0 Å². The van der Waals surface area contributed by atoms with Gasteiger partial charge in [0.2, 0.25) is 5.91 Å². The highest BCUT2D eigenvalue weighted by Gasteiger charge is 2.21. The molecule has 0 aliphatic carbocycles. The van der Waals surface area contributed by atoms with Crippen LogP contribution in [0.15, 0.2) is 28.8 Å². The SMILES string of the molecule is CC(=O)Nc1cccc([C@@H](C)OC(=O)c2c(C)noc2C)c1. The number of carbonyl (C=O) groups excluding carboxylic acids is 2. The molecule has 0 bridgehead atoms. The van der Waals surface area contributed by atoms with Crippen LogP contribution < -0.4 is 5.32 Å². The molecule has 2 rings (SSSR count). The summed E-state index contributed by atoms with van der Waals surface area (Å²) in [4.78, 5) is 23.3. The second-order valence-corrected chi connectivity index (χ2v) is 5.05. The van der Waals surface area contributed by atoms with Gasteiger partial charge >= 0.3 is 5.97 Å². The fourth-order valence-electron chi connectivity index (χ4n) is 2.13. The van der Waals surface area contributed by atoms with E-state index in [9.17, 15) is 9.59 Å².